The van der Waals surface area contributed by atoms with Gasteiger partial charge in [0.1, 0.15) is 6.10 Å². The second-order valence-electron chi connectivity index (χ2n) is 7.01. The summed E-state index contributed by atoms with van der Waals surface area (Å²) in [6.45, 7) is 5.52. The van der Waals surface area contributed by atoms with E-state index in [4.69, 9.17) is 4.74 Å². The molecule has 4 nitrogen and oxygen atoms in total. The summed E-state index contributed by atoms with van der Waals surface area (Å²) >= 11 is 0. The van der Waals surface area contributed by atoms with Gasteiger partial charge in [-0.25, -0.2) is 0 Å². The van der Waals surface area contributed by atoms with Gasteiger partial charge in [0.15, 0.2) is 0 Å². The minimum absolute atomic E-state index is 0.116. The molecule has 1 aromatic heterocycles. The molecule has 0 spiro atoms. The van der Waals surface area contributed by atoms with Crippen molar-refractivity contribution in [1.82, 2.24) is 4.57 Å². The van der Waals surface area contributed by atoms with E-state index in [9.17, 15) is 10.2 Å². The van der Waals surface area contributed by atoms with Crippen LogP contribution in [0.5, 0.6) is 0 Å². The third-order valence-electron chi connectivity index (χ3n) is 5.09. The van der Waals surface area contributed by atoms with Gasteiger partial charge < -0.3 is 19.5 Å². The van der Waals surface area contributed by atoms with E-state index in [2.05, 4.69) is 54.8 Å². The Morgan fingerprint density at radius 3 is 2.12 bits per heavy atom. The van der Waals surface area contributed by atoms with Gasteiger partial charge in [-0.1, -0.05) is 23.3 Å². The molecule has 0 saturated carbocycles. The maximum Gasteiger partial charge on any atom is 0.104 e. The molecule has 24 heavy (non-hydrogen) atoms. The number of aryl methyl sites for hydroxylation is 2. The van der Waals surface area contributed by atoms with Crippen molar-refractivity contribution in [2.45, 2.75) is 32.6 Å². The number of nitrogens with zero attached hydrogens (tertiary/aromatic N) is 1. The van der Waals surface area contributed by atoms with Crippen molar-refractivity contribution in [3.05, 3.63) is 47.5 Å². The summed E-state index contributed by atoms with van der Waals surface area (Å²) in [5.41, 5.74) is 4.79. The Labute approximate surface area is 141 Å². The van der Waals surface area contributed by atoms with Crippen molar-refractivity contribution in [1.29, 1.82) is 0 Å². The van der Waals surface area contributed by atoms with E-state index < -0.39 is 12.2 Å². The molecule has 0 aliphatic carbocycles. The van der Waals surface area contributed by atoms with Gasteiger partial charge in [-0.2, -0.15) is 0 Å². The standard InChI is InChI=1S/C20H23NO3/c1-12-3-5-17-15(7-12)16-8-13(2)4-6-18(16)21(17)9-14-10-24-11-19(22)20(14)23/h3-8,14,19-20,22-23H,9-11H2,1-2H3/t14-,19-,20+/m0/s1. The predicted octanol–water partition coefficient (Wildman–Crippen LogP) is 2.78. The summed E-state index contributed by atoms with van der Waals surface area (Å²) in [5, 5.41) is 22.7. The molecule has 1 aliphatic heterocycles. The summed E-state index contributed by atoms with van der Waals surface area (Å²) in [4.78, 5) is 0. The van der Waals surface area contributed by atoms with Gasteiger partial charge in [-0.05, 0) is 38.1 Å². The van der Waals surface area contributed by atoms with Crippen molar-refractivity contribution in [3.8, 4) is 0 Å². The van der Waals surface area contributed by atoms with E-state index in [1.807, 2.05) is 0 Å². The molecule has 1 aliphatic rings. The molecular formula is C20H23NO3. The van der Waals surface area contributed by atoms with Gasteiger partial charge in [0.05, 0.1) is 19.3 Å². The lowest BCUT2D eigenvalue weighted by atomic mass is 9.96. The largest absolute Gasteiger partial charge is 0.390 e. The summed E-state index contributed by atoms with van der Waals surface area (Å²) in [7, 11) is 0. The highest BCUT2D eigenvalue weighted by Gasteiger charge is 2.32. The summed E-state index contributed by atoms with van der Waals surface area (Å²) in [5.74, 6) is -0.116. The van der Waals surface area contributed by atoms with Crippen LogP contribution in [0.15, 0.2) is 36.4 Å². The van der Waals surface area contributed by atoms with Crippen LogP contribution in [0.3, 0.4) is 0 Å². The molecule has 4 heteroatoms. The minimum Gasteiger partial charge on any atom is -0.390 e. The number of benzene rings is 2. The minimum atomic E-state index is -0.804. The van der Waals surface area contributed by atoms with Crippen LogP contribution in [0.1, 0.15) is 11.1 Å². The zero-order valence-corrected chi connectivity index (χ0v) is 14.1. The number of aliphatic hydroxyl groups is 2. The Balaban J connectivity index is 1.87. The third-order valence-corrected chi connectivity index (χ3v) is 5.09. The third kappa shape index (κ3) is 2.51. The number of ether oxygens (including phenoxy) is 1. The van der Waals surface area contributed by atoms with Crippen molar-refractivity contribution < 1.29 is 14.9 Å². The lowest BCUT2D eigenvalue weighted by molar-refractivity contribution is -0.123. The molecule has 0 unspecified atom stereocenters. The molecule has 4 rings (SSSR count). The van der Waals surface area contributed by atoms with Crippen LogP contribution in [0.25, 0.3) is 21.8 Å². The van der Waals surface area contributed by atoms with E-state index >= 15 is 0 Å². The molecular weight excluding hydrogens is 302 g/mol. The van der Waals surface area contributed by atoms with Crippen molar-refractivity contribution in [3.63, 3.8) is 0 Å². The summed E-state index contributed by atoms with van der Waals surface area (Å²) < 4.78 is 7.70. The van der Waals surface area contributed by atoms with Gasteiger partial charge in [-0.15, -0.1) is 0 Å². The Kier molecular flexibility index (Phi) is 3.83. The fourth-order valence-corrected chi connectivity index (χ4v) is 3.78. The van der Waals surface area contributed by atoms with Crippen molar-refractivity contribution in [2.24, 2.45) is 5.92 Å². The highest BCUT2D eigenvalue weighted by molar-refractivity contribution is 6.08. The van der Waals surface area contributed by atoms with Gasteiger partial charge in [-0.3, -0.25) is 0 Å². The van der Waals surface area contributed by atoms with Crippen LogP contribution in [0.4, 0.5) is 0 Å². The average molecular weight is 325 g/mol. The number of hydrogen-bond acceptors (Lipinski definition) is 3. The summed E-state index contributed by atoms with van der Waals surface area (Å²) in [6, 6.07) is 13.0. The van der Waals surface area contributed by atoms with Crippen molar-refractivity contribution >= 4 is 21.8 Å². The molecule has 0 amide bonds. The van der Waals surface area contributed by atoms with E-state index in [1.54, 1.807) is 0 Å². The first kappa shape index (κ1) is 15.6. The van der Waals surface area contributed by atoms with Crippen LogP contribution in [0, 0.1) is 19.8 Å². The summed E-state index contributed by atoms with van der Waals surface area (Å²) in [6.07, 6.45) is -1.55. The second-order valence-corrected chi connectivity index (χ2v) is 7.01. The average Bonchev–Trinajstić information content (AvgIpc) is 2.85. The first-order chi connectivity index (χ1) is 11.5. The SMILES string of the molecule is Cc1ccc2c(c1)c1cc(C)ccc1n2C[C@H]1COC[C@H](O)[C@@H]1O. The Morgan fingerprint density at radius 1 is 0.958 bits per heavy atom. The quantitative estimate of drug-likeness (QED) is 0.762. The van der Waals surface area contributed by atoms with Crippen LogP contribution >= 0.6 is 0 Å². The zero-order valence-electron chi connectivity index (χ0n) is 14.1. The fraction of sp³-hybridized carbons (Fsp3) is 0.400. The topological polar surface area (TPSA) is 54.6 Å². The fourth-order valence-electron chi connectivity index (χ4n) is 3.78. The number of fused-ring (bicyclic) bond motifs is 3. The maximum absolute atomic E-state index is 10.3. The molecule has 0 bridgehead atoms. The first-order valence-corrected chi connectivity index (χ1v) is 8.47. The molecule has 3 aromatic rings. The maximum atomic E-state index is 10.3. The van der Waals surface area contributed by atoms with Crippen LogP contribution < -0.4 is 0 Å². The van der Waals surface area contributed by atoms with Gasteiger partial charge in [0.2, 0.25) is 0 Å². The molecule has 2 heterocycles. The van der Waals surface area contributed by atoms with E-state index in [0.29, 0.717) is 13.2 Å². The highest BCUT2D eigenvalue weighted by atomic mass is 16.5. The van der Waals surface area contributed by atoms with Gasteiger partial charge in [0.25, 0.3) is 0 Å². The van der Waals surface area contributed by atoms with Crippen LogP contribution in [-0.2, 0) is 11.3 Å². The lowest BCUT2D eigenvalue weighted by Crippen LogP contribution is -2.45. The lowest BCUT2D eigenvalue weighted by Gasteiger charge is -2.32. The zero-order chi connectivity index (χ0) is 16.8. The van der Waals surface area contributed by atoms with E-state index in [-0.39, 0.29) is 12.5 Å². The molecule has 1 saturated heterocycles. The van der Waals surface area contributed by atoms with Crippen LogP contribution in [-0.4, -0.2) is 40.2 Å². The molecule has 126 valence electrons. The number of hydrogen-bond donors (Lipinski definition) is 2. The molecule has 2 aromatic carbocycles. The smallest absolute Gasteiger partial charge is 0.104 e. The van der Waals surface area contributed by atoms with Gasteiger partial charge in [0, 0.05) is 34.3 Å². The van der Waals surface area contributed by atoms with E-state index in [0.717, 1.165) is 11.0 Å². The molecule has 0 radical (unpaired) electrons. The number of aliphatic hydroxyl groups excluding tert-OH is 2. The Bertz CT molecular complexity index is 839. The van der Waals surface area contributed by atoms with E-state index in [1.165, 1.54) is 21.9 Å². The molecule has 2 N–H and O–H groups in total. The molecule has 3 atom stereocenters. The normalized spacial score (nSPS) is 24.8. The Morgan fingerprint density at radius 2 is 1.54 bits per heavy atom. The van der Waals surface area contributed by atoms with Gasteiger partial charge >= 0.3 is 0 Å². The first-order valence-electron chi connectivity index (χ1n) is 8.47. The monoisotopic (exact) mass is 325 g/mol. The molecule has 1 fully saturated rings. The van der Waals surface area contributed by atoms with Crippen molar-refractivity contribution in [2.75, 3.05) is 13.2 Å². The Hall–Kier alpha value is -1.88. The highest BCUT2D eigenvalue weighted by Crippen LogP contribution is 2.32. The predicted molar refractivity (Wildman–Crippen MR) is 95.2 cm³/mol. The number of aromatic nitrogens is 1. The van der Waals surface area contributed by atoms with Crippen LogP contribution in [0.2, 0.25) is 0 Å². The number of rotatable bonds is 2. The second kappa shape index (κ2) is 5.88.